The van der Waals surface area contributed by atoms with Crippen LogP contribution in [0.25, 0.3) is 0 Å². The van der Waals surface area contributed by atoms with Gasteiger partial charge in [0.15, 0.2) is 0 Å². The van der Waals surface area contributed by atoms with Crippen LogP contribution in [0.2, 0.25) is 18.1 Å². The standard InChI is InChI=1S/C12H25BrOSi/c1-12(2,3)15(4,5)11(14)9-7-6-8-10-13/h6-10H2,1-5H3. The topological polar surface area (TPSA) is 17.1 Å². The van der Waals surface area contributed by atoms with E-state index in [0.29, 0.717) is 5.41 Å². The maximum atomic E-state index is 12.1. The Kier molecular flexibility index (Phi) is 6.34. The predicted molar refractivity (Wildman–Crippen MR) is 74.5 cm³/mol. The van der Waals surface area contributed by atoms with Crippen molar-refractivity contribution in [1.82, 2.24) is 0 Å². The number of carbonyl (C=O) groups is 1. The number of halogens is 1. The van der Waals surface area contributed by atoms with Gasteiger partial charge in [-0.1, -0.05) is 56.2 Å². The summed E-state index contributed by atoms with van der Waals surface area (Å²) in [5.41, 5.74) is 0. The molecular formula is C12H25BrOSi. The van der Waals surface area contributed by atoms with Gasteiger partial charge in [-0.15, -0.1) is 0 Å². The van der Waals surface area contributed by atoms with Gasteiger partial charge in [-0.3, -0.25) is 0 Å². The number of carbonyl (C=O) groups excluding carboxylic acids is 1. The Bertz CT molecular complexity index is 206. The normalized spacial score (nSPS) is 12.9. The lowest BCUT2D eigenvalue weighted by molar-refractivity contribution is -0.113. The van der Waals surface area contributed by atoms with Crippen molar-refractivity contribution in [2.45, 2.75) is 64.6 Å². The van der Waals surface area contributed by atoms with E-state index in [2.05, 4.69) is 49.8 Å². The molecule has 15 heavy (non-hydrogen) atoms. The lowest BCUT2D eigenvalue weighted by atomic mass is 10.2. The minimum absolute atomic E-state index is 0.194. The highest BCUT2D eigenvalue weighted by atomic mass is 79.9. The molecule has 0 fully saturated rings. The van der Waals surface area contributed by atoms with Crippen molar-refractivity contribution in [3.63, 3.8) is 0 Å². The van der Waals surface area contributed by atoms with Crippen molar-refractivity contribution >= 4 is 29.4 Å². The van der Waals surface area contributed by atoms with Gasteiger partial charge in [-0.05, 0) is 17.9 Å². The first-order chi connectivity index (χ1) is 6.73. The summed E-state index contributed by atoms with van der Waals surface area (Å²) in [5.74, 6) is 0. The van der Waals surface area contributed by atoms with Crippen molar-refractivity contribution in [3.8, 4) is 0 Å². The number of hydrogen-bond donors (Lipinski definition) is 0. The lowest BCUT2D eigenvalue weighted by Gasteiger charge is -2.35. The minimum atomic E-state index is -1.72. The second kappa shape index (κ2) is 6.19. The fourth-order valence-electron chi connectivity index (χ4n) is 1.29. The highest BCUT2D eigenvalue weighted by molar-refractivity contribution is 9.09. The van der Waals surface area contributed by atoms with Gasteiger partial charge in [0.05, 0.1) is 0 Å². The van der Waals surface area contributed by atoms with Crippen LogP contribution in [0.15, 0.2) is 0 Å². The van der Waals surface area contributed by atoms with Crippen LogP contribution in [-0.2, 0) is 4.79 Å². The van der Waals surface area contributed by atoms with E-state index < -0.39 is 8.07 Å². The summed E-state index contributed by atoms with van der Waals surface area (Å²) in [6, 6.07) is 0. The molecule has 0 aliphatic rings. The summed E-state index contributed by atoms with van der Waals surface area (Å²) in [6.07, 6.45) is 4.22. The number of rotatable bonds is 6. The molecule has 0 aliphatic carbocycles. The molecule has 0 rings (SSSR count). The number of hydrogen-bond acceptors (Lipinski definition) is 1. The number of unbranched alkanes of at least 4 members (excludes halogenated alkanes) is 2. The molecule has 0 amide bonds. The molecule has 0 aromatic rings. The maximum Gasteiger partial charge on any atom is 0.132 e. The highest BCUT2D eigenvalue weighted by Gasteiger charge is 2.41. The second-order valence-corrected chi connectivity index (χ2v) is 11.9. The van der Waals surface area contributed by atoms with Gasteiger partial charge >= 0.3 is 0 Å². The Labute approximate surface area is 104 Å². The van der Waals surface area contributed by atoms with Gasteiger partial charge in [0.2, 0.25) is 0 Å². The minimum Gasteiger partial charge on any atom is -0.305 e. The van der Waals surface area contributed by atoms with Gasteiger partial charge in [0.25, 0.3) is 0 Å². The van der Waals surface area contributed by atoms with Crippen LogP contribution in [0.1, 0.15) is 46.5 Å². The van der Waals surface area contributed by atoms with Gasteiger partial charge < -0.3 is 4.79 Å². The highest BCUT2D eigenvalue weighted by Crippen LogP contribution is 2.37. The van der Waals surface area contributed by atoms with E-state index in [1.54, 1.807) is 0 Å². The zero-order chi connectivity index (χ0) is 12.1. The molecule has 1 nitrogen and oxygen atoms in total. The molecule has 0 saturated carbocycles. The average Bonchev–Trinajstić information content (AvgIpc) is 2.10. The fraction of sp³-hybridized carbons (Fsp3) is 0.917. The fourth-order valence-corrected chi connectivity index (χ4v) is 3.32. The van der Waals surface area contributed by atoms with E-state index in [-0.39, 0.29) is 5.04 Å². The lowest BCUT2D eigenvalue weighted by Crippen LogP contribution is -2.46. The summed E-state index contributed by atoms with van der Waals surface area (Å²) in [4.78, 5) is 12.1. The maximum absolute atomic E-state index is 12.1. The number of alkyl halides is 1. The third-order valence-corrected chi connectivity index (χ3v) is 9.56. The van der Waals surface area contributed by atoms with Crippen LogP contribution in [0, 0.1) is 0 Å². The summed E-state index contributed by atoms with van der Waals surface area (Å²) in [5, 5.41) is 1.80. The third-order valence-electron chi connectivity index (χ3n) is 3.61. The van der Waals surface area contributed by atoms with Crippen LogP contribution in [-0.4, -0.2) is 18.8 Å². The van der Waals surface area contributed by atoms with E-state index in [1.807, 2.05) is 0 Å². The summed E-state index contributed by atoms with van der Waals surface area (Å²) in [6.45, 7) is 11.0. The van der Waals surface area contributed by atoms with Crippen LogP contribution in [0.3, 0.4) is 0 Å². The van der Waals surface area contributed by atoms with Crippen LogP contribution < -0.4 is 0 Å². The molecule has 3 heteroatoms. The monoisotopic (exact) mass is 292 g/mol. The van der Waals surface area contributed by atoms with Crippen LogP contribution >= 0.6 is 15.9 Å². The third kappa shape index (κ3) is 4.81. The molecule has 0 heterocycles. The average molecular weight is 293 g/mol. The van der Waals surface area contributed by atoms with Gasteiger partial charge in [0, 0.05) is 11.8 Å². The molecule has 0 spiro atoms. The largest absolute Gasteiger partial charge is 0.305 e. The first kappa shape index (κ1) is 15.4. The van der Waals surface area contributed by atoms with E-state index in [4.69, 9.17) is 0 Å². The molecular weight excluding hydrogens is 268 g/mol. The molecule has 0 unspecified atom stereocenters. The van der Waals surface area contributed by atoms with E-state index in [0.717, 1.165) is 18.2 Å². The predicted octanol–water partition coefficient (Wildman–Crippen LogP) is 4.56. The molecule has 0 bridgehead atoms. The Balaban J connectivity index is 4.10. The second-order valence-electron chi connectivity index (χ2n) is 5.80. The SMILES string of the molecule is CC(C)(C)[Si](C)(C)C(=O)CCCCCBr. The van der Waals surface area contributed by atoms with Crippen LogP contribution in [0.4, 0.5) is 0 Å². The smallest absolute Gasteiger partial charge is 0.132 e. The van der Waals surface area contributed by atoms with Crippen molar-refractivity contribution in [2.75, 3.05) is 5.33 Å². The molecule has 0 saturated heterocycles. The Hall–Kier alpha value is 0.367. The molecule has 0 aliphatic heterocycles. The van der Waals surface area contributed by atoms with E-state index >= 15 is 0 Å². The zero-order valence-corrected chi connectivity index (χ0v) is 13.4. The van der Waals surface area contributed by atoms with Gasteiger partial charge in [-0.2, -0.15) is 0 Å². The first-order valence-corrected chi connectivity index (χ1v) is 9.95. The first-order valence-electron chi connectivity index (χ1n) is 5.82. The Morgan fingerprint density at radius 2 is 1.67 bits per heavy atom. The van der Waals surface area contributed by atoms with Crippen molar-refractivity contribution < 1.29 is 4.79 Å². The Morgan fingerprint density at radius 3 is 2.07 bits per heavy atom. The molecule has 90 valence electrons. The van der Waals surface area contributed by atoms with Gasteiger partial charge in [0.1, 0.15) is 13.5 Å². The van der Waals surface area contributed by atoms with Gasteiger partial charge in [-0.25, -0.2) is 0 Å². The van der Waals surface area contributed by atoms with Crippen molar-refractivity contribution in [3.05, 3.63) is 0 Å². The summed E-state index contributed by atoms with van der Waals surface area (Å²) in [7, 11) is -1.72. The zero-order valence-electron chi connectivity index (χ0n) is 10.8. The van der Waals surface area contributed by atoms with E-state index in [9.17, 15) is 4.79 Å². The summed E-state index contributed by atoms with van der Waals surface area (Å²) >= 11 is 3.41. The van der Waals surface area contributed by atoms with Crippen molar-refractivity contribution in [2.24, 2.45) is 0 Å². The summed E-state index contributed by atoms with van der Waals surface area (Å²) < 4.78 is 0. The molecule has 0 radical (unpaired) electrons. The molecule has 0 aromatic carbocycles. The van der Waals surface area contributed by atoms with Crippen LogP contribution in [0.5, 0.6) is 0 Å². The molecule has 0 atom stereocenters. The molecule has 0 N–H and O–H groups in total. The Morgan fingerprint density at radius 1 is 1.13 bits per heavy atom. The molecule has 0 aromatic heterocycles. The quantitative estimate of drug-likeness (QED) is 0.398. The van der Waals surface area contributed by atoms with Crippen molar-refractivity contribution in [1.29, 1.82) is 0 Å². The van der Waals surface area contributed by atoms with E-state index in [1.165, 1.54) is 12.8 Å².